The van der Waals surface area contributed by atoms with Crippen molar-refractivity contribution in [3.8, 4) is 16.6 Å². The van der Waals surface area contributed by atoms with E-state index in [1.165, 1.54) is 11.3 Å². The topological polar surface area (TPSA) is 118 Å². The Morgan fingerprint density at radius 3 is 3.03 bits per heavy atom. The van der Waals surface area contributed by atoms with Crippen molar-refractivity contribution in [1.29, 1.82) is 5.26 Å². The van der Waals surface area contributed by atoms with Gasteiger partial charge >= 0.3 is 0 Å². The van der Waals surface area contributed by atoms with Gasteiger partial charge in [-0.15, -0.1) is 0 Å². The summed E-state index contributed by atoms with van der Waals surface area (Å²) in [6.45, 7) is 3.35. The molecule has 3 aromatic rings. The number of nitrogens with zero attached hydrogens (tertiary/aromatic N) is 4. The van der Waals surface area contributed by atoms with Crippen LogP contribution in [0.15, 0.2) is 28.9 Å². The second-order valence-electron chi connectivity index (χ2n) is 7.57. The highest BCUT2D eigenvalue weighted by atomic mass is 32.2. The summed E-state index contributed by atoms with van der Waals surface area (Å²) in [6, 6.07) is 3.98. The van der Waals surface area contributed by atoms with Crippen LogP contribution in [0.1, 0.15) is 19.8 Å². The third-order valence-corrected chi connectivity index (χ3v) is 7.67. The number of pyridine rings is 1. The fraction of sp³-hybridized carbons (Fsp3) is 0.400. The Balaban J connectivity index is 1.68. The van der Waals surface area contributed by atoms with E-state index in [2.05, 4.69) is 27.2 Å². The van der Waals surface area contributed by atoms with Crippen LogP contribution in [-0.2, 0) is 16.0 Å². The lowest BCUT2D eigenvalue weighted by Gasteiger charge is -2.37. The standard InChI is InChI=1S/C20H23N6O2S2/c1-12-7-13(11-26(10-12)16(27)3-5-21)25-18-14-4-6-22-19(14)23-8-15(18)20-24-9-17(29-20)30(2)28/h4,6,8-9,12-13,28H,3,7,10-11H2,1-2H3,(H2,22,23,25)/q+1/t12-,13+,30?/m0/s1. The molecule has 30 heavy (non-hydrogen) atoms. The normalized spacial score (nSPS) is 20.1. The van der Waals surface area contributed by atoms with Crippen LogP contribution in [0.2, 0.25) is 0 Å². The molecule has 1 aliphatic heterocycles. The maximum atomic E-state index is 12.3. The van der Waals surface area contributed by atoms with Gasteiger partial charge in [-0.2, -0.15) is 9.81 Å². The van der Waals surface area contributed by atoms with Crippen LogP contribution >= 0.6 is 11.3 Å². The Hall–Kier alpha value is -2.61. The van der Waals surface area contributed by atoms with E-state index in [-0.39, 0.29) is 18.4 Å². The summed E-state index contributed by atoms with van der Waals surface area (Å²) in [7, 11) is 0. The molecule has 10 heteroatoms. The van der Waals surface area contributed by atoms with Gasteiger partial charge in [-0.25, -0.2) is 9.97 Å². The lowest BCUT2D eigenvalue weighted by Crippen LogP contribution is -2.48. The molecule has 0 aliphatic carbocycles. The molecule has 1 saturated heterocycles. The highest BCUT2D eigenvalue weighted by Gasteiger charge is 2.29. The number of hydrogen-bond donors (Lipinski definition) is 3. The Kier molecular flexibility index (Phi) is 5.94. The minimum atomic E-state index is -0.842. The molecule has 1 unspecified atom stereocenters. The van der Waals surface area contributed by atoms with Gasteiger partial charge in [0.15, 0.2) is 11.2 Å². The fourth-order valence-electron chi connectivity index (χ4n) is 3.89. The summed E-state index contributed by atoms with van der Waals surface area (Å²) in [5, 5.41) is 14.3. The van der Waals surface area contributed by atoms with Crippen LogP contribution in [0, 0.1) is 17.2 Å². The number of anilines is 1. The predicted octanol–water partition coefficient (Wildman–Crippen LogP) is 3.33. The molecule has 156 valence electrons. The average molecular weight is 444 g/mol. The molecule has 4 heterocycles. The number of aromatic nitrogens is 3. The van der Waals surface area contributed by atoms with E-state index in [0.717, 1.165) is 37.9 Å². The number of carbonyl (C=O) groups is 1. The van der Waals surface area contributed by atoms with E-state index in [4.69, 9.17) is 5.26 Å². The quantitative estimate of drug-likeness (QED) is 0.521. The second-order valence-corrected chi connectivity index (χ2v) is 10.2. The zero-order valence-electron chi connectivity index (χ0n) is 16.8. The van der Waals surface area contributed by atoms with Crippen molar-refractivity contribution < 1.29 is 9.35 Å². The number of amides is 1. The van der Waals surface area contributed by atoms with Gasteiger partial charge in [0, 0.05) is 36.9 Å². The summed E-state index contributed by atoms with van der Waals surface area (Å²) < 4.78 is 10.7. The van der Waals surface area contributed by atoms with Crippen molar-refractivity contribution in [1.82, 2.24) is 19.9 Å². The fourth-order valence-corrected chi connectivity index (χ4v) is 5.48. The highest BCUT2D eigenvalue weighted by molar-refractivity contribution is 7.92. The number of aromatic amines is 1. The number of hydrogen-bond acceptors (Lipinski definition) is 7. The molecule has 1 aliphatic rings. The Bertz CT molecular complexity index is 1100. The predicted molar refractivity (Wildman–Crippen MR) is 119 cm³/mol. The van der Waals surface area contributed by atoms with Gasteiger partial charge in [-0.05, 0) is 18.4 Å². The number of carbonyl (C=O) groups excluding carboxylic acids is 1. The number of H-pyrrole nitrogens is 1. The third-order valence-electron chi connectivity index (χ3n) is 5.18. The first-order chi connectivity index (χ1) is 14.5. The second kappa shape index (κ2) is 8.63. The van der Waals surface area contributed by atoms with E-state index >= 15 is 0 Å². The molecular formula is C20H23N6O2S2+. The maximum absolute atomic E-state index is 12.3. The zero-order chi connectivity index (χ0) is 21.3. The summed E-state index contributed by atoms with van der Waals surface area (Å²) in [4.78, 5) is 26.2. The van der Waals surface area contributed by atoms with Crippen LogP contribution in [0.4, 0.5) is 5.69 Å². The van der Waals surface area contributed by atoms with E-state index in [9.17, 15) is 9.35 Å². The van der Waals surface area contributed by atoms with Crippen molar-refractivity contribution in [2.45, 2.75) is 30.0 Å². The number of likely N-dealkylation sites (tertiary alicyclic amines) is 1. The van der Waals surface area contributed by atoms with Crippen molar-refractivity contribution in [3.05, 3.63) is 24.7 Å². The smallest absolute Gasteiger partial charge is 0.263 e. The molecule has 0 bridgehead atoms. The first-order valence-corrected chi connectivity index (χ1v) is 12.1. The van der Waals surface area contributed by atoms with Crippen molar-refractivity contribution in [2.24, 2.45) is 5.92 Å². The lowest BCUT2D eigenvalue weighted by molar-refractivity contribution is -0.132. The molecular weight excluding hydrogens is 420 g/mol. The summed E-state index contributed by atoms with van der Waals surface area (Å²) in [6.07, 6.45) is 7.93. The van der Waals surface area contributed by atoms with Crippen LogP contribution < -0.4 is 5.32 Å². The van der Waals surface area contributed by atoms with E-state index < -0.39 is 11.2 Å². The largest absolute Gasteiger partial charge is 0.379 e. The molecule has 8 nitrogen and oxygen atoms in total. The first-order valence-electron chi connectivity index (χ1n) is 9.64. The van der Waals surface area contributed by atoms with E-state index in [1.807, 2.05) is 18.3 Å². The van der Waals surface area contributed by atoms with Crippen LogP contribution in [-0.4, -0.2) is 55.7 Å². The van der Waals surface area contributed by atoms with Gasteiger partial charge in [0.25, 0.3) is 4.21 Å². The van der Waals surface area contributed by atoms with Crippen molar-refractivity contribution in [2.75, 3.05) is 24.7 Å². The van der Waals surface area contributed by atoms with Gasteiger partial charge in [-0.3, -0.25) is 4.79 Å². The minimum Gasteiger partial charge on any atom is -0.379 e. The van der Waals surface area contributed by atoms with Crippen LogP contribution in [0.25, 0.3) is 21.6 Å². The highest BCUT2D eigenvalue weighted by Crippen LogP contribution is 2.37. The number of nitrogens with one attached hydrogen (secondary N) is 2. The third kappa shape index (κ3) is 4.14. The SMILES string of the molecule is C[C@H]1C[C@@H](Nc2c(-c3ncc([S+](C)O)s3)cnc3[nH]ccc23)CN(C(=O)CC#N)C1. The minimum absolute atomic E-state index is 0.0497. The summed E-state index contributed by atoms with van der Waals surface area (Å²) in [5.74, 6) is 0.203. The van der Waals surface area contributed by atoms with E-state index in [0.29, 0.717) is 19.0 Å². The van der Waals surface area contributed by atoms with Gasteiger partial charge in [-0.1, -0.05) is 18.3 Å². The van der Waals surface area contributed by atoms with Crippen molar-refractivity contribution in [3.63, 3.8) is 0 Å². The Labute approximate surface area is 181 Å². The zero-order valence-corrected chi connectivity index (χ0v) is 18.4. The van der Waals surface area contributed by atoms with Crippen LogP contribution in [0.5, 0.6) is 0 Å². The molecule has 3 aromatic heterocycles. The molecule has 3 atom stereocenters. The van der Waals surface area contributed by atoms with Gasteiger partial charge in [0.05, 0.1) is 23.5 Å². The van der Waals surface area contributed by atoms with E-state index in [1.54, 1.807) is 23.5 Å². The van der Waals surface area contributed by atoms with Crippen LogP contribution in [0.3, 0.4) is 0 Å². The lowest BCUT2D eigenvalue weighted by atomic mass is 9.95. The number of fused-ring (bicyclic) bond motifs is 1. The Morgan fingerprint density at radius 2 is 2.30 bits per heavy atom. The molecule has 0 radical (unpaired) electrons. The maximum Gasteiger partial charge on any atom is 0.263 e. The molecule has 1 fully saturated rings. The first kappa shape index (κ1) is 20.7. The number of rotatable bonds is 5. The number of thiazole rings is 1. The molecule has 1 amide bonds. The molecule has 0 saturated carbocycles. The number of nitriles is 1. The van der Waals surface area contributed by atoms with Gasteiger partial charge in [0.1, 0.15) is 23.3 Å². The van der Waals surface area contributed by atoms with Gasteiger partial charge in [0.2, 0.25) is 5.91 Å². The monoisotopic (exact) mass is 443 g/mol. The molecule has 0 aromatic carbocycles. The molecule has 3 N–H and O–H groups in total. The summed E-state index contributed by atoms with van der Waals surface area (Å²) in [5.41, 5.74) is 2.57. The van der Waals surface area contributed by atoms with Gasteiger partial charge < -0.3 is 15.2 Å². The summed E-state index contributed by atoms with van der Waals surface area (Å²) >= 11 is 0.612. The molecule has 4 rings (SSSR count). The number of piperidine rings is 1. The average Bonchev–Trinajstić information content (AvgIpc) is 3.38. The Morgan fingerprint density at radius 1 is 1.47 bits per heavy atom. The van der Waals surface area contributed by atoms with Crippen molar-refractivity contribution >= 4 is 45.1 Å². The molecule has 0 spiro atoms.